The average molecular weight is 466 g/mol. The molecule has 7 heteroatoms. The van der Waals surface area contributed by atoms with E-state index >= 15 is 0 Å². The number of rotatable bonds is 7. The Balaban J connectivity index is 1.14. The predicted molar refractivity (Wildman–Crippen MR) is 132 cm³/mol. The first kappa shape index (κ1) is 22.8. The molecule has 0 aromatic heterocycles. The van der Waals surface area contributed by atoms with E-state index in [0.29, 0.717) is 26.3 Å². The van der Waals surface area contributed by atoms with Crippen LogP contribution in [-0.2, 0) is 10.2 Å². The maximum Gasteiger partial charge on any atom is 0.234 e. The zero-order valence-electron chi connectivity index (χ0n) is 20.1. The summed E-state index contributed by atoms with van der Waals surface area (Å²) in [5.41, 5.74) is 2.44. The molecule has 3 aliphatic rings. The highest BCUT2D eigenvalue weighted by Gasteiger charge is 2.37. The van der Waals surface area contributed by atoms with E-state index < -0.39 is 0 Å². The summed E-state index contributed by atoms with van der Waals surface area (Å²) < 4.78 is 16.8. The molecular weight excluding hydrogens is 430 g/mol. The van der Waals surface area contributed by atoms with E-state index in [2.05, 4.69) is 39.4 Å². The van der Waals surface area contributed by atoms with Gasteiger partial charge in [0, 0.05) is 43.8 Å². The second kappa shape index (κ2) is 10.1. The van der Waals surface area contributed by atoms with Gasteiger partial charge in [-0.05, 0) is 54.8 Å². The molecular formula is C27H35N3O4. The number of anilines is 1. The van der Waals surface area contributed by atoms with Crippen LogP contribution < -0.4 is 24.4 Å². The summed E-state index contributed by atoms with van der Waals surface area (Å²) in [4.78, 5) is 17.5. The Kier molecular flexibility index (Phi) is 6.81. The fourth-order valence-electron chi connectivity index (χ4n) is 5.48. The summed E-state index contributed by atoms with van der Waals surface area (Å²) in [6.45, 7) is 5.92. The highest BCUT2D eigenvalue weighted by molar-refractivity contribution is 5.78. The molecule has 7 nitrogen and oxygen atoms in total. The maximum absolute atomic E-state index is 12.9. The predicted octanol–water partition coefficient (Wildman–Crippen LogP) is 3.22. The summed E-state index contributed by atoms with van der Waals surface area (Å²) in [7, 11) is 1.68. The van der Waals surface area contributed by atoms with Crippen LogP contribution in [0.4, 0.5) is 5.69 Å². The number of amides is 1. The molecule has 2 heterocycles. The summed E-state index contributed by atoms with van der Waals surface area (Å²) in [5.74, 6) is 2.63. The molecule has 1 N–H and O–H groups in total. The molecule has 2 aromatic carbocycles. The Morgan fingerprint density at radius 1 is 0.971 bits per heavy atom. The Morgan fingerprint density at radius 2 is 1.68 bits per heavy atom. The summed E-state index contributed by atoms with van der Waals surface area (Å²) in [6, 6.07) is 14.5. The Morgan fingerprint density at radius 3 is 2.38 bits per heavy atom. The smallest absolute Gasteiger partial charge is 0.234 e. The van der Waals surface area contributed by atoms with Gasteiger partial charge in [-0.15, -0.1) is 0 Å². The number of nitrogens with zero attached hydrogens (tertiary/aromatic N) is 2. The normalized spacial score (nSPS) is 19.6. The van der Waals surface area contributed by atoms with Gasteiger partial charge in [0.1, 0.15) is 19.0 Å². The first-order valence-corrected chi connectivity index (χ1v) is 12.4. The molecule has 1 saturated heterocycles. The number of carbonyl (C=O) groups is 1. The number of hydrogen-bond donors (Lipinski definition) is 1. The molecule has 2 aromatic rings. The highest BCUT2D eigenvalue weighted by Crippen LogP contribution is 2.43. The van der Waals surface area contributed by atoms with E-state index in [1.165, 1.54) is 24.1 Å². The maximum atomic E-state index is 12.9. The lowest BCUT2D eigenvalue weighted by Crippen LogP contribution is -2.50. The van der Waals surface area contributed by atoms with Crippen LogP contribution in [0.1, 0.15) is 31.2 Å². The van der Waals surface area contributed by atoms with Gasteiger partial charge in [0.2, 0.25) is 5.91 Å². The van der Waals surface area contributed by atoms with Gasteiger partial charge in [0.25, 0.3) is 0 Å². The molecule has 0 atom stereocenters. The van der Waals surface area contributed by atoms with Crippen molar-refractivity contribution in [2.75, 3.05) is 64.5 Å². The topological polar surface area (TPSA) is 63.3 Å². The van der Waals surface area contributed by atoms with Crippen LogP contribution in [0.25, 0.3) is 0 Å². The summed E-state index contributed by atoms with van der Waals surface area (Å²) in [6.07, 6.45) is 4.57. The minimum atomic E-state index is -0.0153. The van der Waals surface area contributed by atoms with Gasteiger partial charge in [-0.25, -0.2) is 0 Å². The van der Waals surface area contributed by atoms with Gasteiger partial charge in [0.15, 0.2) is 11.5 Å². The minimum absolute atomic E-state index is 0.0153. The summed E-state index contributed by atoms with van der Waals surface area (Å²) >= 11 is 0. The monoisotopic (exact) mass is 465 g/mol. The van der Waals surface area contributed by atoms with Crippen molar-refractivity contribution in [2.45, 2.75) is 31.1 Å². The Bertz CT molecular complexity index is 980. The van der Waals surface area contributed by atoms with Crippen LogP contribution >= 0.6 is 0 Å². The molecule has 0 unspecified atom stereocenters. The molecule has 1 saturated carbocycles. The Labute approximate surface area is 202 Å². The van der Waals surface area contributed by atoms with Crippen molar-refractivity contribution < 1.29 is 19.0 Å². The van der Waals surface area contributed by atoms with Gasteiger partial charge in [-0.3, -0.25) is 9.69 Å². The number of carbonyl (C=O) groups excluding carboxylic acids is 1. The van der Waals surface area contributed by atoms with E-state index in [1.807, 2.05) is 18.2 Å². The number of nitrogens with one attached hydrogen (secondary N) is 1. The van der Waals surface area contributed by atoms with Gasteiger partial charge < -0.3 is 24.4 Å². The molecule has 2 fully saturated rings. The zero-order valence-corrected chi connectivity index (χ0v) is 20.1. The minimum Gasteiger partial charge on any atom is -0.497 e. The molecule has 5 rings (SSSR count). The number of hydrogen-bond acceptors (Lipinski definition) is 6. The zero-order chi connectivity index (χ0) is 23.4. The average Bonchev–Trinajstić information content (AvgIpc) is 3.38. The third-order valence-electron chi connectivity index (χ3n) is 7.52. The van der Waals surface area contributed by atoms with E-state index in [9.17, 15) is 4.79 Å². The van der Waals surface area contributed by atoms with Crippen LogP contribution in [0.3, 0.4) is 0 Å². The first-order valence-electron chi connectivity index (χ1n) is 12.4. The number of methoxy groups -OCH3 is 1. The molecule has 182 valence electrons. The van der Waals surface area contributed by atoms with E-state index in [4.69, 9.17) is 14.2 Å². The SMILES string of the molecule is COc1ccc(N2CCN(CC(=O)NCC3(c4ccc5c(c4)OCCO5)CCCC3)CC2)cc1. The lowest BCUT2D eigenvalue weighted by molar-refractivity contribution is -0.122. The molecule has 1 amide bonds. The van der Waals surface area contributed by atoms with Crippen LogP contribution in [-0.4, -0.2) is 70.4 Å². The number of benzene rings is 2. The number of ether oxygens (including phenoxy) is 3. The van der Waals surface area contributed by atoms with Crippen molar-refractivity contribution in [3.05, 3.63) is 48.0 Å². The molecule has 0 spiro atoms. The van der Waals surface area contributed by atoms with Crippen molar-refractivity contribution in [2.24, 2.45) is 0 Å². The third kappa shape index (κ3) is 4.94. The van der Waals surface area contributed by atoms with E-state index in [-0.39, 0.29) is 11.3 Å². The molecule has 34 heavy (non-hydrogen) atoms. The molecule has 2 aliphatic heterocycles. The van der Waals surface area contributed by atoms with Crippen molar-refractivity contribution in [1.82, 2.24) is 10.2 Å². The van der Waals surface area contributed by atoms with Gasteiger partial charge >= 0.3 is 0 Å². The fourth-order valence-corrected chi connectivity index (χ4v) is 5.48. The van der Waals surface area contributed by atoms with Gasteiger partial charge in [-0.1, -0.05) is 18.9 Å². The van der Waals surface area contributed by atoms with Crippen LogP contribution in [0.2, 0.25) is 0 Å². The third-order valence-corrected chi connectivity index (χ3v) is 7.52. The lowest BCUT2D eigenvalue weighted by Gasteiger charge is -2.36. The number of fused-ring (bicyclic) bond motifs is 1. The standard InChI is InChI=1S/C27H35N3O4/c1-32-23-7-5-22(6-8-23)30-14-12-29(13-15-30)19-26(31)28-20-27(10-2-3-11-27)21-4-9-24-25(18-21)34-17-16-33-24/h4-9,18H,2-3,10-17,19-20H2,1H3,(H,28,31). The highest BCUT2D eigenvalue weighted by atomic mass is 16.6. The second-order valence-corrected chi connectivity index (χ2v) is 9.58. The molecule has 0 radical (unpaired) electrons. The van der Waals surface area contributed by atoms with Crippen molar-refractivity contribution in [3.63, 3.8) is 0 Å². The van der Waals surface area contributed by atoms with E-state index in [0.717, 1.165) is 56.3 Å². The van der Waals surface area contributed by atoms with Crippen molar-refractivity contribution >= 4 is 11.6 Å². The second-order valence-electron chi connectivity index (χ2n) is 9.58. The number of piperazine rings is 1. The molecule has 1 aliphatic carbocycles. The van der Waals surface area contributed by atoms with Gasteiger partial charge in [0.05, 0.1) is 13.7 Å². The van der Waals surface area contributed by atoms with E-state index in [1.54, 1.807) is 7.11 Å². The van der Waals surface area contributed by atoms with Crippen LogP contribution in [0, 0.1) is 0 Å². The Hall–Kier alpha value is -2.93. The quantitative estimate of drug-likeness (QED) is 0.678. The van der Waals surface area contributed by atoms with Gasteiger partial charge in [-0.2, -0.15) is 0 Å². The summed E-state index contributed by atoms with van der Waals surface area (Å²) in [5, 5.41) is 3.27. The van der Waals surface area contributed by atoms with Crippen LogP contribution in [0.5, 0.6) is 17.2 Å². The largest absolute Gasteiger partial charge is 0.497 e. The first-order chi connectivity index (χ1) is 16.6. The van der Waals surface area contributed by atoms with Crippen LogP contribution in [0.15, 0.2) is 42.5 Å². The van der Waals surface area contributed by atoms with Crippen molar-refractivity contribution in [1.29, 1.82) is 0 Å². The lowest BCUT2D eigenvalue weighted by atomic mass is 9.78. The molecule has 0 bridgehead atoms. The van der Waals surface area contributed by atoms with Crippen molar-refractivity contribution in [3.8, 4) is 17.2 Å². The fraction of sp³-hybridized carbons (Fsp3) is 0.519.